The Hall–Kier alpha value is -3.40. The third kappa shape index (κ3) is 5.32. The van der Waals surface area contributed by atoms with Crippen molar-refractivity contribution in [3.63, 3.8) is 0 Å². The lowest BCUT2D eigenvalue weighted by molar-refractivity contribution is 0.244. The molecule has 1 fully saturated rings. The number of hydrogen-bond donors (Lipinski definition) is 1. The van der Waals surface area contributed by atoms with Gasteiger partial charge in [0, 0.05) is 43.0 Å². The SMILES string of the molecule is O=c1[nH]c(CN2CCN(c3cccc(OS(=O)(=O)c4ccc(Cl)cc4)c3)CC2)nc2ccccc12. The molecule has 1 N–H and O–H groups in total. The Morgan fingerprint density at radius 2 is 1.69 bits per heavy atom. The number of benzene rings is 3. The number of H-pyrrole nitrogens is 1. The molecule has 35 heavy (non-hydrogen) atoms. The van der Waals surface area contributed by atoms with E-state index in [4.69, 9.17) is 15.8 Å². The van der Waals surface area contributed by atoms with Crippen LogP contribution in [-0.4, -0.2) is 49.5 Å². The number of fused-ring (bicyclic) bond motifs is 1. The van der Waals surface area contributed by atoms with Gasteiger partial charge in [0.05, 0.1) is 17.4 Å². The molecule has 4 aromatic rings. The van der Waals surface area contributed by atoms with Crippen molar-refractivity contribution >= 4 is 38.3 Å². The Morgan fingerprint density at radius 1 is 0.943 bits per heavy atom. The van der Waals surface area contributed by atoms with Gasteiger partial charge in [-0.05, 0) is 48.5 Å². The van der Waals surface area contributed by atoms with Crippen LogP contribution in [0.1, 0.15) is 5.82 Å². The van der Waals surface area contributed by atoms with Crippen molar-refractivity contribution in [2.75, 3.05) is 31.1 Å². The van der Waals surface area contributed by atoms with Crippen molar-refractivity contribution in [1.29, 1.82) is 0 Å². The van der Waals surface area contributed by atoms with E-state index >= 15 is 0 Å². The van der Waals surface area contributed by atoms with Crippen molar-refractivity contribution in [3.8, 4) is 5.75 Å². The molecule has 1 aliphatic heterocycles. The van der Waals surface area contributed by atoms with E-state index in [1.54, 1.807) is 24.3 Å². The van der Waals surface area contributed by atoms with E-state index in [0.29, 0.717) is 28.3 Å². The van der Waals surface area contributed by atoms with Crippen molar-refractivity contribution in [2.24, 2.45) is 0 Å². The Bertz CT molecular complexity index is 1510. The summed E-state index contributed by atoms with van der Waals surface area (Å²) in [6, 6.07) is 20.2. The molecule has 0 atom stereocenters. The largest absolute Gasteiger partial charge is 0.379 e. The van der Waals surface area contributed by atoms with Gasteiger partial charge in [0.25, 0.3) is 5.56 Å². The first-order chi connectivity index (χ1) is 16.9. The van der Waals surface area contributed by atoms with Gasteiger partial charge in [0.15, 0.2) is 0 Å². The van der Waals surface area contributed by atoms with Crippen LogP contribution in [0.2, 0.25) is 5.02 Å². The minimum Gasteiger partial charge on any atom is -0.379 e. The summed E-state index contributed by atoms with van der Waals surface area (Å²) in [5.74, 6) is 0.891. The summed E-state index contributed by atoms with van der Waals surface area (Å²) in [6.07, 6.45) is 0. The standard InChI is InChI=1S/C25H23ClN4O4S/c26-18-8-10-21(11-9-18)35(32,33)34-20-5-3-4-19(16-20)30-14-12-29(13-15-30)17-24-27-23-7-2-1-6-22(23)25(31)28-24/h1-11,16H,12-15,17H2,(H,27,28,31). The lowest BCUT2D eigenvalue weighted by atomic mass is 10.2. The van der Waals surface area contributed by atoms with Crippen LogP contribution in [0.25, 0.3) is 10.9 Å². The van der Waals surface area contributed by atoms with Crippen LogP contribution in [0.15, 0.2) is 82.5 Å². The Labute approximate surface area is 207 Å². The summed E-state index contributed by atoms with van der Waals surface area (Å²) < 4.78 is 30.6. The van der Waals surface area contributed by atoms with Crippen molar-refractivity contribution in [2.45, 2.75) is 11.4 Å². The molecule has 5 rings (SSSR count). The van der Waals surface area contributed by atoms with E-state index < -0.39 is 10.1 Å². The van der Waals surface area contributed by atoms with Crippen LogP contribution in [0, 0.1) is 0 Å². The van der Waals surface area contributed by atoms with Gasteiger partial charge >= 0.3 is 10.1 Å². The molecule has 1 aromatic heterocycles. The van der Waals surface area contributed by atoms with Crippen molar-refractivity contribution < 1.29 is 12.6 Å². The highest BCUT2D eigenvalue weighted by Crippen LogP contribution is 2.26. The normalized spacial score (nSPS) is 14.8. The Balaban J connectivity index is 1.23. The molecule has 0 amide bonds. The minimum atomic E-state index is -3.96. The van der Waals surface area contributed by atoms with E-state index in [0.717, 1.165) is 31.9 Å². The van der Waals surface area contributed by atoms with Gasteiger partial charge in [0.1, 0.15) is 16.5 Å². The summed E-state index contributed by atoms with van der Waals surface area (Å²) in [6.45, 7) is 3.57. The second kappa shape index (κ2) is 9.69. The average Bonchev–Trinajstić information content (AvgIpc) is 2.85. The number of hydrogen-bond acceptors (Lipinski definition) is 7. The van der Waals surface area contributed by atoms with Crippen molar-refractivity contribution in [1.82, 2.24) is 14.9 Å². The molecule has 0 spiro atoms. The van der Waals surface area contributed by atoms with Gasteiger partial charge in [-0.1, -0.05) is 29.8 Å². The molecule has 0 bridgehead atoms. The highest BCUT2D eigenvalue weighted by molar-refractivity contribution is 7.87. The zero-order valence-electron chi connectivity index (χ0n) is 18.7. The summed E-state index contributed by atoms with van der Waals surface area (Å²) in [5.41, 5.74) is 1.44. The number of para-hydroxylation sites is 1. The number of nitrogens with one attached hydrogen (secondary N) is 1. The minimum absolute atomic E-state index is 0.0428. The molecule has 180 valence electrons. The van der Waals surface area contributed by atoms with Crippen LogP contribution in [-0.2, 0) is 16.7 Å². The number of aromatic amines is 1. The maximum absolute atomic E-state index is 12.6. The van der Waals surface area contributed by atoms with Crippen LogP contribution in [0.5, 0.6) is 5.75 Å². The molecule has 0 radical (unpaired) electrons. The fourth-order valence-electron chi connectivity index (χ4n) is 4.09. The summed E-state index contributed by atoms with van der Waals surface area (Å²) in [4.78, 5) is 24.3. The molecule has 1 saturated heterocycles. The maximum atomic E-state index is 12.6. The van der Waals surface area contributed by atoms with Gasteiger partial charge in [-0.3, -0.25) is 9.69 Å². The van der Waals surface area contributed by atoms with E-state index in [2.05, 4.69) is 19.8 Å². The molecule has 10 heteroatoms. The molecular formula is C25H23ClN4O4S. The molecule has 0 aliphatic carbocycles. The first-order valence-electron chi connectivity index (χ1n) is 11.1. The molecule has 0 unspecified atom stereocenters. The van der Waals surface area contributed by atoms with Crippen LogP contribution >= 0.6 is 11.6 Å². The van der Waals surface area contributed by atoms with Gasteiger partial charge < -0.3 is 14.1 Å². The van der Waals surface area contributed by atoms with Gasteiger partial charge in [0.2, 0.25) is 0 Å². The van der Waals surface area contributed by atoms with E-state index in [1.165, 1.54) is 24.3 Å². The molecular weight excluding hydrogens is 488 g/mol. The van der Waals surface area contributed by atoms with E-state index in [-0.39, 0.29) is 16.2 Å². The molecule has 8 nitrogen and oxygen atoms in total. The molecule has 1 aliphatic rings. The smallest absolute Gasteiger partial charge is 0.339 e. The monoisotopic (exact) mass is 510 g/mol. The summed E-state index contributed by atoms with van der Waals surface area (Å²) in [7, 11) is -3.96. The maximum Gasteiger partial charge on any atom is 0.339 e. The summed E-state index contributed by atoms with van der Waals surface area (Å²) in [5, 5.41) is 1.04. The highest BCUT2D eigenvalue weighted by atomic mass is 35.5. The van der Waals surface area contributed by atoms with Gasteiger partial charge in [-0.25, -0.2) is 4.98 Å². The topological polar surface area (TPSA) is 95.6 Å². The number of aromatic nitrogens is 2. The second-order valence-corrected chi connectivity index (χ2v) is 10.3. The Kier molecular flexibility index (Phi) is 6.46. The fourth-order valence-corrected chi connectivity index (χ4v) is 5.14. The van der Waals surface area contributed by atoms with E-state index in [9.17, 15) is 13.2 Å². The zero-order valence-corrected chi connectivity index (χ0v) is 20.3. The first-order valence-corrected chi connectivity index (χ1v) is 12.9. The van der Waals surface area contributed by atoms with Crippen LogP contribution in [0.3, 0.4) is 0 Å². The predicted octanol–water partition coefficient (Wildman–Crippen LogP) is 3.67. The number of piperazine rings is 1. The van der Waals surface area contributed by atoms with Crippen molar-refractivity contribution in [3.05, 3.63) is 94.0 Å². The Morgan fingerprint density at radius 3 is 2.46 bits per heavy atom. The lowest BCUT2D eigenvalue weighted by Gasteiger charge is -2.35. The van der Waals surface area contributed by atoms with Crippen LogP contribution in [0.4, 0.5) is 5.69 Å². The van der Waals surface area contributed by atoms with E-state index in [1.807, 2.05) is 24.3 Å². The fraction of sp³-hybridized carbons (Fsp3) is 0.200. The predicted molar refractivity (Wildman–Crippen MR) is 136 cm³/mol. The highest BCUT2D eigenvalue weighted by Gasteiger charge is 2.21. The quantitative estimate of drug-likeness (QED) is 0.395. The zero-order chi connectivity index (χ0) is 24.4. The molecule has 2 heterocycles. The number of rotatable bonds is 6. The van der Waals surface area contributed by atoms with Crippen LogP contribution < -0.4 is 14.6 Å². The summed E-state index contributed by atoms with van der Waals surface area (Å²) >= 11 is 5.85. The molecule has 3 aromatic carbocycles. The number of nitrogens with zero attached hydrogens (tertiary/aromatic N) is 3. The third-order valence-corrected chi connectivity index (χ3v) is 7.41. The second-order valence-electron chi connectivity index (χ2n) is 8.28. The molecule has 0 saturated carbocycles. The van der Waals surface area contributed by atoms with Gasteiger partial charge in [-0.15, -0.1) is 0 Å². The first kappa shape index (κ1) is 23.3. The lowest BCUT2D eigenvalue weighted by Crippen LogP contribution is -2.46. The number of anilines is 1. The number of halogens is 1. The third-order valence-electron chi connectivity index (χ3n) is 5.90. The van der Waals surface area contributed by atoms with Gasteiger partial charge in [-0.2, -0.15) is 8.42 Å². The average molecular weight is 511 g/mol.